The van der Waals surface area contributed by atoms with E-state index in [0.29, 0.717) is 25.1 Å². The molecule has 4 rings (SSSR count). The predicted octanol–water partition coefficient (Wildman–Crippen LogP) is 3.28. The van der Waals surface area contributed by atoms with Gasteiger partial charge in [-0.25, -0.2) is 13.1 Å². The summed E-state index contributed by atoms with van der Waals surface area (Å²) in [6.07, 6.45) is 6.00. The van der Waals surface area contributed by atoms with Crippen molar-refractivity contribution in [2.24, 2.45) is 0 Å². The van der Waals surface area contributed by atoms with Crippen molar-refractivity contribution in [2.75, 3.05) is 6.79 Å². The SMILES string of the molecule is O=C(CCc1ccc(S(=O)(=O)NC2CCCCC2)cc1)NCc1ccc2c(c1)OCO2. The summed E-state index contributed by atoms with van der Waals surface area (Å²) in [6.45, 7) is 0.640. The Bertz CT molecular complexity index is 1010. The smallest absolute Gasteiger partial charge is 0.240 e. The second-order valence-corrected chi connectivity index (χ2v) is 9.78. The molecule has 1 aliphatic carbocycles. The van der Waals surface area contributed by atoms with Crippen LogP contribution in [0.4, 0.5) is 0 Å². The van der Waals surface area contributed by atoms with Gasteiger partial charge in [0.15, 0.2) is 11.5 Å². The first-order valence-electron chi connectivity index (χ1n) is 10.8. The molecule has 1 saturated carbocycles. The van der Waals surface area contributed by atoms with Crippen molar-refractivity contribution < 1.29 is 22.7 Å². The van der Waals surface area contributed by atoms with Crippen molar-refractivity contribution >= 4 is 15.9 Å². The molecule has 0 atom stereocenters. The Morgan fingerprint density at radius 2 is 1.65 bits per heavy atom. The second kappa shape index (κ2) is 9.70. The maximum atomic E-state index is 12.6. The van der Waals surface area contributed by atoms with Gasteiger partial charge in [0, 0.05) is 19.0 Å². The molecule has 2 N–H and O–H groups in total. The van der Waals surface area contributed by atoms with E-state index < -0.39 is 10.0 Å². The largest absolute Gasteiger partial charge is 0.454 e. The summed E-state index contributed by atoms with van der Waals surface area (Å²) in [5.74, 6) is 1.35. The van der Waals surface area contributed by atoms with Crippen LogP contribution in [0.25, 0.3) is 0 Å². The number of aryl methyl sites for hydroxylation is 1. The normalized spacial score (nSPS) is 16.3. The number of benzene rings is 2. The maximum absolute atomic E-state index is 12.6. The number of ether oxygens (including phenoxy) is 2. The van der Waals surface area contributed by atoms with Gasteiger partial charge in [0.2, 0.25) is 22.7 Å². The highest BCUT2D eigenvalue weighted by Gasteiger charge is 2.21. The molecule has 1 heterocycles. The average molecular weight is 445 g/mol. The number of hydrogen-bond donors (Lipinski definition) is 2. The summed E-state index contributed by atoms with van der Waals surface area (Å²) >= 11 is 0. The highest BCUT2D eigenvalue weighted by Crippen LogP contribution is 2.32. The molecule has 2 aromatic rings. The van der Waals surface area contributed by atoms with Crippen molar-refractivity contribution in [1.82, 2.24) is 10.0 Å². The molecule has 0 bridgehead atoms. The lowest BCUT2D eigenvalue weighted by molar-refractivity contribution is -0.121. The molecule has 166 valence electrons. The zero-order valence-corrected chi connectivity index (χ0v) is 18.2. The van der Waals surface area contributed by atoms with E-state index in [0.717, 1.165) is 42.6 Å². The summed E-state index contributed by atoms with van der Waals surface area (Å²) in [6, 6.07) is 12.4. The van der Waals surface area contributed by atoms with Crippen LogP contribution in [-0.2, 0) is 27.8 Å². The van der Waals surface area contributed by atoms with Gasteiger partial charge >= 0.3 is 0 Å². The Morgan fingerprint density at radius 3 is 2.42 bits per heavy atom. The molecule has 0 saturated heterocycles. The van der Waals surface area contributed by atoms with Crippen molar-refractivity contribution in [3.8, 4) is 11.5 Å². The molecule has 0 aromatic heterocycles. The monoisotopic (exact) mass is 444 g/mol. The van der Waals surface area contributed by atoms with Gasteiger partial charge in [-0.3, -0.25) is 4.79 Å². The van der Waals surface area contributed by atoms with Crippen molar-refractivity contribution in [3.05, 3.63) is 53.6 Å². The van der Waals surface area contributed by atoms with E-state index in [2.05, 4.69) is 10.0 Å². The summed E-state index contributed by atoms with van der Waals surface area (Å²) in [5, 5.41) is 2.90. The zero-order chi connectivity index (χ0) is 21.7. The highest BCUT2D eigenvalue weighted by molar-refractivity contribution is 7.89. The molecular weight excluding hydrogens is 416 g/mol. The lowest BCUT2D eigenvalue weighted by Crippen LogP contribution is -2.36. The van der Waals surface area contributed by atoms with Gasteiger partial charge in [-0.2, -0.15) is 0 Å². The summed E-state index contributed by atoms with van der Waals surface area (Å²) in [7, 11) is -3.50. The van der Waals surface area contributed by atoms with E-state index in [1.54, 1.807) is 24.3 Å². The van der Waals surface area contributed by atoms with Gasteiger partial charge in [0.25, 0.3) is 0 Å². The number of carbonyl (C=O) groups is 1. The summed E-state index contributed by atoms with van der Waals surface area (Å²) in [5.41, 5.74) is 1.87. The topological polar surface area (TPSA) is 93.7 Å². The fourth-order valence-electron chi connectivity index (χ4n) is 3.94. The lowest BCUT2D eigenvalue weighted by Gasteiger charge is -2.22. The quantitative estimate of drug-likeness (QED) is 0.652. The van der Waals surface area contributed by atoms with E-state index in [1.807, 2.05) is 18.2 Å². The molecule has 31 heavy (non-hydrogen) atoms. The zero-order valence-electron chi connectivity index (χ0n) is 17.4. The number of hydrogen-bond acceptors (Lipinski definition) is 5. The third-order valence-corrected chi connectivity index (χ3v) is 7.26. The molecule has 2 aliphatic rings. The van der Waals surface area contributed by atoms with Crippen LogP contribution < -0.4 is 19.5 Å². The first kappa shape index (κ1) is 21.6. The van der Waals surface area contributed by atoms with Gasteiger partial charge in [-0.1, -0.05) is 37.5 Å². The first-order chi connectivity index (χ1) is 15.0. The van der Waals surface area contributed by atoms with Crippen LogP contribution in [0.1, 0.15) is 49.7 Å². The third kappa shape index (κ3) is 5.77. The third-order valence-electron chi connectivity index (χ3n) is 5.73. The number of rotatable bonds is 8. The molecule has 0 radical (unpaired) electrons. The van der Waals surface area contributed by atoms with Crippen LogP contribution in [0, 0.1) is 0 Å². The molecule has 2 aromatic carbocycles. The average Bonchev–Trinajstić information content (AvgIpc) is 3.25. The Kier molecular flexibility index (Phi) is 6.77. The highest BCUT2D eigenvalue weighted by atomic mass is 32.2. The minimum Gasteiger partial charge on any atom is -0.454 e. The van der Waals surface area contributed by atoms with Crippen LogP contribution in [0.3, 0.4) is 0 Å². The van der Waals surface area contributed by atoms with Crippen LogP contribution in [0.2, 0.25) is 0 Å². The molecule has 1 fully saturated rings. The Morgan fingerprint density at radius 1 is 0.935 bits per heavy atom. The molecular formula is C23H28N2O5S. The van der Waals surface area contributed by atoms with Crippen LogP contribution >= 0.6 is 0 Å². The van der Waals surface area contributed by atoms with Crippen LogP contribution in [0.15, 0.2) is 47.4 Å². The van der Waals surface area contributed by atoms with E-state index in [9.17, 15) is 13.2 Å². The molecule has 0 spiro atoms. The van der Waals surface area contributed by atoms with E-state index >= 15 is 0 Å². The number of sulfonamides is 1. The number of amides is 1. The predicted molar refractivity (Wildman–Crippen MR) is 116 cm³/mol. The molecule has 1 aliphatic heterocycles. The Balaban J connectivity index is 1.24. The van der Waals surface area contributed by atoms with Gasteiger partial charge in [-0.15, -0.1) is 0 Å². The van der Waals surface area contributed by atoms with E-state index in [1.165, 1.54) is 6.42 Å². The van der Waals surface area contributed by atoms with E-state index in [4.69, 9.17) is 9.47 Å². The van der Waals surface area contributed by atoms with Gasteiger partial charge in [0.05, 0.1) is 4.90 Å². The molecule has 0 unspecified atom stereocenters. The fourth-order valence-corrected chi connectivity index (χ4v) is 5.25. The lowest BCUT2D eigenvalue weighted by atomic mass is 9.96. The number of nitrogens with one attached hydrogen (secondary N) is 2. The molecule has 8 heteroatoms. The van der Waals surface area contributed by atoms with Crippen molar-refractivity contribution in [1.29, 1.82) is 0 Å². The molecule has 7 nitrogen and oxygen atoms in total. The minimum absolute atomic E-state index is 0.0342. The molecule has 1 amide bonds. The van der Waals surface area contributed by atoms with Crippen LogP contribution in [0.5, 0.6) is 11.5 Å². The van der Waals surface area contributed by atoms with E-state index in [-0.39, 0.29) is 23.6 Å². The van der Waals surface area contributed by atoms with Crippen molar-refractivity contribution in [3.63, 3.8) is 0 Å². The van der Waals surface area contributed by atoms with Gasteiger partial charge in [-0.05, 0) is 54.7 Å². The fraction of sp³-hybridized carbons (Fsp3) is 0.435. The standard InChI is InChI=1S/C23H28N2O5S/c26-23(24-15-18-8-12-21-22(14-18)30-16-29-21)13-9-17-6-10-20(11-7-17)31(27,28)25-19-4-2-1-3-5-19/h6-8,10-12,14,19,25H,1-5,9,13,15-16H2,(H,24,26). The maximum Gasteiger partial charge on any atom is 0.240 e. The minimum atomic E-state index is -3.50. The first-order valence-corrected chi connectivity index (χ1v) is 12.2. The van der Waals surface area contributed by atoms with Gasteiger partial charge in [0.1, 0.15) is 0 Å². The van der Waals surface area contributed by atoms with Crippen molar-refractivity contribution in [2.45, 2.75) is 62.4 Å². The number of fused-ring (bicyclic) bond motifs is 1. The Labute approximate surface area is 183 Å². The number of carbonyl (C=O) groups excluding carboxylic acids is 1. The van der Waals surface area contributed by atoms with Crippen LogP contribution in [-0.4, -0.2) is 27.2 Å². The van der Waals surface area contributed by atoms with Gasteiger partial charge < -0.3 is 14.8 Å². The second-order valence-electron chi connectivity index (χ2n) is 8.06. The Hall–Kier alpha value is -2.58. The summed E-state index contributed by atoms with van der Waals surface area (Å²) in [4.78, 5) is 12.5. The summed E-state index contributed by atoms with van der Waals surface area (Å²) < 4.78 is 38.6.